The van der Waals surface area contributed by atoms with E-state index in [0.29, 0.717) is 5.92 Å². The van der Waals surface area contributed by atoms with Crippen LogP contribution in [0.4, 0.5) is 0 Å². The van der Waals surface area contributed by atoms with Gasteiger partial charge in [0.2, 0.25) is 0 Å². The minimum Gasteiger partial charge on any atom is -0.493 e. The van der Waals surface area contributed by atoms with Crippen LogP contribution >= 0.6 is 23.5 Å². The van der Waals surface area contributed by atoms with Crippen molar-refractivity contribution in [3.63, 3.8) is 0 Å². The van der Waals surface area contributed by atoms with Crippen LogP contribution in [-0.2, 0) is 0 Å². The number of methoxy groups -OCH3 is 2. The molecule has 1 N–H and O–H groups in total. The SMILES string of the molecule is COc1ccc(/C=C/[C@@H]2C[C@H]2C(C)(O)C(C)=C(SC)SC)cc1OC. The molecule has 0 radical (unpaired) electrons. The molecule has 138 valence electrons. The number of hydrogen-bond acceptors (Lipinski definition) is 5. The van der Waals surface area contributed by atoms with Gasteiger partial charge in [-0.15, -0.1) is 23.5 Å². The molecule has 1 aromatic rings. The molecule has 0 heterocycles. The molecule has 0 aliphatic heterocycles. The minimum atomic E-state index is -0.756. The van der Waals surface area contributed by atoms with E-state index in [0.717, 1.165) is 29.1 Å². The molecule has 5 heteroatoms. The number of benzene rings is 1. The van der Waals surface area contributed by atoms with Gasteiger partial charge in [-0.05, 0) is 67.9 Å². The summed E-state index contributed by atoms with van der Waals surface area (Å²) < 4.78 is 11.8. The maximum absolute atomic E-state index is 11.0. The molecule has 3 nitrogen and oxygen atoms in total. The zero-order chi connectivity index (χ0) is 18.6. The van der Waals surface area contributed by atoms with Crippen LogP contribution in [0.5, 0.6) is 11.5 Å². The van der Waals surface area contributed by atoms with Crippen LogP contribution in [0.1, 0.15) is 25.8 Å². The molecule has 0 aromatic heterocycles. The normalized spacial score (nSPS) is 21.7. The average Bonchev–Trinajstić information content (AvgIpc) is 3.41. The second-order valence-electron chi connectivity index (χ2n) is 6.45. The predicted octanol–water partition coefficient (Wildman–Crippen LogP) is 5.06. The van der Waals surface area contributed by atoms with Crippen molar-refractivity contribution >= 4 is 29.6 Å². The smallest absolute Gasteiger partial charge is 0.161 e. The summed E-state index contributed by atoms with van der Waals surface area (Å²) in [5.41, 5.74) is 1.40. The van der Waals surface area contributed by atoms with Gasteiger partial charge in [-0.25, -0.2) is 0 Å². The highest BCUT2D eigenvalue weighted by atomic mass is 32.2. The topological polar surface area (TPSA) is 38.7 Å². The molecule has 1 saturated carbocycles. The predicted molar refractivity (Wildman–Crippen MR) is 111 cm³/mol. The highest BCUT2D eigenvalue weighted by Crippen LogP contribution is 2.52. The fraction of sp³-hybridized carbons (Fsp3) is 0.500. The van der Waals surface area contributed by atoms with Gasteiger partial charge in [0, 0.05) is 4.24 Å². The van der Waals surface area contributed by atoms with E-state index in [-0.39, 0.29) is 5.92 Å². The van der Waals surface area contributed by atoms with Crippen molar-refractivity contribution < 1.29 is 14.6 Å². The van der Waals surface area contributed by atoms with Gasteiger partial charge in [0.25, 0.3) is 0 Å². The van der Waals surface area contributed by atoms with E-state index in [1.54, 1.807) is 37.7 Å². The molecule has 1 unspecified atom stereocenters. The van der Waals surface area contributed by atoms with Gasteiger partial charge in [-0.1, -0.05) is 18.2 Å². The molecular formula is C20H28O3S2. The van der Waals surface area contributed by atoms with Crippen molar-refractivity contribution in [1.29, 1.82) is 0 Å². The molecule has 1 fully saturated rings. The monoisotopic (exact) mass is 380 g/mol. The van der Waals surface area contributed by atoms with Crippen LogP contribution in [0, 0.1) is 11.8 Å². The fourth-order valence-electron chi connectivity index (χ4n) is 3.14. The quantitative estimate of drug-likeness (QED) is 0.682. The summed E-state index contributed by atoms with van der Waals surface area (Å²) in [7, 11) is 3.28. The molecule has 1 aromatic carbocycles. The van der Waals surface area contributed by atoms with Gasteiger partial charge in [-0.3, -0.25) is 0 Å². The number of ether oxygens (including phenoxy) is 2. The van der Waals surface area contributed by atoms with Gasteiger partial charge in [0.05, 0.1) is 19.8 Å². The number of aliphatic hydroxyl groups is 1. The molecule has 3 atom stereocenters. The summed E-state index contributed by atoms with van der Waals surface area (Å²) in [6, 6.07) is 5.89. The Bertz CT molecular complexity index is 659. The van der Waals surface area contributed by atoms with Gasteiger partial charge < -0.3 is 14.6 Å². The van der Waals surface area contributed by atoms with Gasteiger partial charge >= 0.3 is 0 Å². The summed E-state index contributed by atoms with van der Waals surface area (Å²) in [6.07, 6.45) is 9.45. The number of thioether (sulfide) groups is 2. The Hall–Kier alpha value is -1.04. The lowest BCUT2D eigenvalue weighted by Crippen LogP contribution is -2.30. The summed E-state index contributed by atoms with van der Waals surface area (Å²) in [6.45, 7) is 4.00. The first-order valence-corrected chi connectivity index (χ1v) is 10.8. The average molecular weight is 381 g/mol. The van der Waals surface area contributed by atoms with Crippen molar-refractivity contribution in [3.8, 4) is 11.5 Å². The molecule has 1 aliphatic carbocycles. The molecule has 0 amide bonds. The molecular weight excluding hydrogens is 352 g/mol. The largest absolute Gasteiger partial charge is 0.493 e. The summed E-state index contributed by atoms with van der Waals surface area (Å²) >= 11 is 3.42. The van der Waals surface area contributed by atoms with Crippen LogP contribution in [0.25, 0.3) is 6.08 Å². The first-order chi connectivity index (χ1) is 11.9. The molecule has 0 spiro atoms. The van der Waals surface area contributed by atoms with Crippen LogP contribution in [0.15, 0.2) is 34.1 Å². The first kappa shape index (κ1) is 20.3. The van der Waals surface area contributed by atoms with E-state index in [1.807, 2.05) is 25.1 Å². The number of rotatable bonds is 8. The Kier molecular flexibility index (Phi) is 6.94. The first-order valence-electron chi connectivity index (χ1n) is 8.30. The van der Waals surface area contributed by atoms with Gasteiger partial charge in [-0.2, -0.15) is 0 Å². The maximum Gasteiger partial charge on any atom is 0.161 e. The Morgan fingerprint density at radius 3 is 2.40 bits per heavy atom. The minimum absolute atomic E-state index is 0.276. The molecule has 0 saturated heterocycles. The lowest BCUT2D eigenvalue weighted by atomic mass is 9.91. The second kappa shape index (κ2) is 8.56. The second-order valence-corrected chi connectivity index (χ2v) is 8.34. The van der Waals surface area contributed by atoms with E-state index in [2.05, 4.69) is 31.6 Å². The van der Waals surface area contributed by atoms with Crippen molar-refractivity contribution in [2.75, 3.05) is 26.7 Å². The number of allylic oxidation sites excluding steroid dienone is 1. The molecule has 2 rings (SSSR count). The lowest BCUT2D eigenvalue weighted by molar-refractivity contribution is 0.0714. The van der Waals surface area contributed by atoms with Crippen molar-refractivity contribution in [2.24, 2.45) is 11.8 Å². The lowest BCUT2D eigenvalue weighted by Gasteiger charge is -2.26. The highest BCUT2D eigenvalue weighted by molar-refractivity contribution is 8.21. The molecule has 0 bridgehead atoms. The fourth-order valence-corrected chi connectivity index (χ4v) is 4.83. The van der Waals surface area contributed by atoms with E-state index in [1.165, 1.54) is 4.24 Å². The van der Waals surface area contributed by atoms with Crippen LogP contribution in [0.3, 0.4) is 0 Å². The zero-order valence-electron chi connectivity index (χ0n) is 15.8. The molecule has 25 heavy (non-hydrogen) atoms. The Labute approximate surface area is 159 Å². The zero-order valence-corrected chi connectivity index (χ0v) is 17.5. The van der Waals surface area contributed by atoms with Crippen LogP contribution in [0.2, 0.25) is 0 Å². The van der Waals surface area contributed by atoms with Crippen LogP contribution in [-0.4, -0.2) is 37.4 Å². The number of hydrogen-bond donors (Lipinski definition) is 1. The summed E-state index contributed by atoms with van der Waals surface area (Å²) in [5.74, 6) is 2.14. The van der Waals surface area contributed by atoms with Crippen molar-refractivity contribution in [2.45, 2.75) is 25.9 Å². The third-order valence-electron chi connectivity index (χ3n) is 4.94. The maximum atomic E-state index is 11.0. The van der Waals surface area contributed by atoms with E-state index in [4.69, 9.17) is 9.47 Å². The van der Waals surface area contributed by atoms with Gasteiger partial charge in [0.1, 0.15) is 0 Å². The Morgan fingerprint density at radius 1 is 1.20 bits per heavy atom. The molecule has 1 aliphatic rings. The van der Waals surface area contributed by atoms with E-state index in [9.17, 15) is 5.11 Å². The summed E-state index contributed by atoms with van der Waals surface area (Å²) in [5, 5.41) is 11.0. The Morgan fingerprint density at radius 2 is 1.84 bits per heavy atom. The summed E-state index contributed by atoms with van der Waals surface area (Å²) in [4.78, 5) is 0. The standard InChI is InChI=1S/C20H28O3S2/c1-13(19(24-5)25-6)20(2,21)16-12-15(16)9-7-14-8-10-17(22-3)18(11-14)23-4/h7-11,15-16,21H,12H2,1-6H3/b9-7+/t15-,16-,20?/m1/s1. The third kappa shape index (κ3) is 4.57. The highest BCUT2D eigenvalue weighted by Gasteiger charge is 2.49. The Balaban J connectivity index is 2.09. The van der Waals surface area contributed by atoms with Crippen molar-refractivity contribution in [3.05, 3.63) is 39.6 Å². The van der Waals surface area contributed by atoms with Gasteiger partial charge in [0.15, 0.2) is 11.5 Å². The third-order valence-corrected chi connectivity index (χ3v) is 7.30. The van der Waals surface area contributed by atoms with E-state index < -0.39 is 5.60 Å². The van der Waals surface area contributed by atoms with Crippen LogP contribution < -0.4 is 9.47 Å². The van der Waals surface area contributed by atoms with E-state index >= 15 is 0 Å². The van der Waals surface area contributed by atoms with Crippen molar-refractivity contribution in [1.82, 2.24) is 0 Å².